The van der Waals surface area contributed by atoms with Gasteiger partial charge in [-0.3, -0.25) is 4.79 Å². The van der Waals surface area contributed by atoms with E-state index in [1.165, 1.54) is 38.5 Å². The zero-order valence-corrected chi connectivity index (χ0v) is 20.9. The van der Waals surface area contributed by atoms with E-state index in [0.29, 0.717) is 45.0 Å². The Bertz CT molecular complexity index is 1510. The number of ether oxygens (including phenoxy) is 3. The van der Waals surface area contributed by atoms with Gasteiger partial charge in [0.25, 0.3) is 5.91 Å². The van der Waals surface area contributed by atoms with Crippen LogP contribution < -0.4 is 20.1 Å². The number of carbonyl (C=O) groups is 1. The lowest BCUT2D eigenvalue weighted by Gasteiger charge is -2.35. The molecule has 11 heteroatoms. The monoisotopic (exact) mass is 526 g/mol. The Morgan fingerprint density at radius 2 is 1.97 bits per heavy atom. The summed E-state index contributed by atoms with van der Waals surface area (Å²) >= 11 is 6.55. The van der Waals surface area contributed by atoms with E-state index in [2.05, 4.69) is 20.6 Å². The molecular weight excluding hydrogens is 503 g/mol. The smallest absolute Gasteiger partial charge is 0.252 e. The number of carbonyl (C=O) groups excluding carboxylic acids is 1. The average molecular weight is 527 g/mol. The molecule has 4 N–H and O–H groups in total. The number of hydrogen-bond acceptors (Lipinski definition) is 7. The summed E-state index contributed by atoms with van der Waals surface area (Å²) < 4.78 is 30.0. The van der Waals surface area contributed by atoms with Crippen molar-refractivity contribution in [1.29, 1.82) is 0 Å². The fourth-order valence-corrected chi connectivity index (χ4v) is 4.64. The van der Waals surface area contributed by atoms with Crippen LogP contribution in [0.1, 0.15) is 24.2 Å². The summed E-state index contributed by atoms with van der Waals surface area (Å²) in [4.78, 5) is 20.1. The second-order valence-corrected chi connectivity index (χ2v) is 9.25. The van der Waals surface area contributed by atoms with Crippen LogP contribution in [0.2, 0.25) is 5.02 Å². The van der Waals surface area contributed by atoms with Crippen molar-refractivity contribution in [2.24, 2.45) is 0 Å². The number of aliphatic hydroxyl groups is 1. The summed E-state index contributed by atoms with van der Waals surface area (Å²) in [5.74, 6) is 0.152. The van der Waals surface area contributed by atoms with Gasteiger partial charge in [-0.1, -0.05) is 17.7 Å². The molecule has 0 radical (unpaired) electrons. The van der Waals surface area contributed by atoms with Crippen molar-refractivity contribution >= 4 is 39.9 Å². The number of fused-ring (bicyclic) bond motifs is 3. The maximum atomic E-state index is 13.7. The van der Waals surface area contributed by atoms with Crippen molar-refractivity contribution in [1.82, 2.24) is 9.97 Å². The number of aromatic amines is 1. The van der Waals surface area contributed by atoms with E-state index in [0.717, 1.165) is 0 Å². The van der Waals surface area contributed by atoms with Crippen molar-refractivity contribution < 1.29 is 28.5 Å². The first-order valence-electron chi connectivity index (χ1n) is 11.3. The van der Waals surface area contributed by atoms with Crippen molar-refractivity contribution in [3.05, 3.63) is 70.8 Å². The minimum atomic E-state index is -1.14. The van der Waals surface area contributed by atoms with Crippen LogP contribution in [0.25, 0.3) is 11.0 Å². The first kappa shape index (κ1) is 24.8. The molecule has 2 atom stereocenters. The molecule has 0 spiro atoms. The minimum Gasteiger partial charge on any atom is -0.493 e. The molecule has 1 amide bonds. The van der Waals surface area contributed by atoms with Crippen LogP contribution in [0.3, 0.4) is 0 Å². The fourth-order valence-electron chi connectivity index (χ4n) is 4.36. The van der Waals surface area contributed by atoms with Gasteiger partial charge in [-0.05, 0) is 31.2 Å². The lowest BCUT2D eigenvalue weighted by atomic mass is 9.95. The quantitative estimate of drug-likeness (QED) is 0.267. The standard InChI is InChI=1S/C26H24ClFN4O5/c1-26(12-35-2)25(34)31-18-11-30-24-21(22(18)32-26)16(10-29-24)23(33)15-6-5-14(9-17(15)27)37-20-8-13(28)4-7-19(20)36-3/h4-11,23,32-33H,12H2,1-3H3,(H,29,30)(H,31,34)/t23?,26-/m0/s1. The van der Waals surface area contributed by atoms with Gasteiger partial charge < -0.3 is 34.9 Å². The molecule has 3 heterocycles. The lowest BCUT2D eigenvalue weighted by molar-refractivity contribution is -0.121. The Hall–Kier alpha value is -3.86. The molecule has 37 heavy (non-hydrogen) atoms. The molecule has 9 nitrogen and oxygen atoms in total. The number of methoxy groups -OCH3 is 2. The number of benzene rings is 2. The van der Waals surface area contributed by atoms with Crippen molar-refractivity contribution in [3.8, 4) is 17.2 Å². The number of pyridine rings is 1. The van der Waals surface area contributed by atoms with Crippen molar-refractivity contribution in [3.63, 3.8) is 0 Å². The van der Waals surface area contributed by atoms with Crippen LogP contribution in [0.15, 0.2) is 48.8 Å². The fraction of sp³-hybridized carbons (Fsp3) is 0.231. The summed E-state index contributed by atoms with van der Waals surface area (Å²) in [6.45, 7) is 1.86. The summed E-state index contributed by atoms with van der Waals surface area (Å²) in [6.07, 6.45) is 2.05. The summed E-state index contributed by atoms with van der Waals surface area (Å²) in [7, 11) is 2.97. The van der Waals surface area contributed by atoms with Crippen LogP contribution in [0.5, 0.6) is 17.2 Å². The number of aromatic nitrogens is 2. The zero-order chi connectivity index (χ0) is 26.3. The Morgan fingerprint density at radius 3 is 2.70 bits per heavy atom. The molecule has 0 aliphatic carbocycles. The Morgan fingerprint density at radius 1 is 1.16 bits per heavy atom. The third kappa shape index (κ3) is 4.43. The van der Waals surface area contributed by atoms with Crippen molar-refractivity contribution in [2.75, 3.05) is 31.5 Å². The largest absolute Gasteiger partial charge is 0.493 e. The van der Waals surface area contributed by atoms with E-state index in [1.807, 2.05) is 0 Å². The highest BCUT2D eigenvalue weighted by molar-refractivity contribution is 6.31. The van der Waals surface area contributed by atoms with E-state index < -0.39 is 17.5 Å². The van der Waals surface area contributed by atoms with Crippen LogP contribution in [-0.2, 0) is 9.53 Å². The molecule has 0 saturated carbocycles. The predicted molar refractivity (Wildman–Crippen MR) is 137 cm³/mol. The van der Waals surface area contributed by atoms with E-state index in [4.69, 9.17) is 25.8 Å². The van der Waals surface area contributed by atoms with Gasteiger partial charge in [0.15, 0.2) is 11.5 Å². The molecule has 1 aliphatic rings. The van der Waals surface area contributed by atoms with E-state index >= 15 is 0 Å². The molecule has 4 aromatic rings. The number of halogens is 2. The molecule has 2 aromatic heterocycles. The summed E-state index contributed by atoms with van der Waals surface area (Å²) in [5.41, 5.74) is 1.50. The SMILES string of the molecule is COC[C@]1(C)Nc2c(cnc3[nH]cc(C(O)c4ccc(Oc5cc(F)ccc5OC)cc4Cl)c23)NC1=O. The number of hydrogen-bond donors (Lipinski definition) is 4. The molecular formula is C26H24ClFN4O5. The van der Waals surface area contributed by atoms with Crippen molar-refractivity contribution in [2.45, 2.75) is 18.6 Å². The molecule has 192 valence electrons. The van der Waals surface area contributed by atoms with Crippen LogP contribution >= 0.6 is 11.6 Å². The molecule has 0 saturated heterocycles. The highest BCUT2D eigenvalue weighted by Gasteiger charge is 2.39. The molecule has 1 aliphatic heterocycles. The maximum absolute atomic E-state index is 13.7. The van der Waals surface area contributed by atoms with Gasteiger partial charge in [0.1, 0.15) is 28.9 Å². The number of H-pyrrole nitrogens is 1. The Balaban J connectivity index is 1.50. The first-order valence-corrected chi connectivity index (χ1v) is 11.7. The van der Waals surface area contributed by atoms with Gasteiger partial charge in [-0.25, -0.2) is 9.37 Å². The van der Waals surface area contributed by atoms with Crippen LogP contribution in [0, 0.1) is 5.82 Å². The number of nitrogens with one attached hydrogen (secondary N) is 3. The minimum absolute atomic E-state index is 0.133. The highest BCUT2D eigenvalue weighted by atomic mass is 35.5. The van der Waals surface area contributed by atoms with Gasteiger partial charge in [-0.2, -0.15) is 0 Å². The highest BCUT2D eigenvalue weighted by Crippen LogP contribution is 2.42. The number of anilines is 2. The second kappa shape index (κ2) is 9.55. The lowest BCUT2D eigenvalue weighted by Crippen LogP contribution is -2.53. The van der Waals surface area contributed by atoms with Gasteiger partial charge in [0.05, 0.1) is 41.7 Å². The number of rotatable bonds is 7. The van der Waals surface area contributed by atoms with E-state index in [1.54, 1.807) is 31.5 Å². The zero-order valence-electron chi connectivity index (χ0n) is 20.2. The Kier molecular flexibility index (Phi) is 6.40. The maximum Gasteiger partial charge on any atom is 0.252 e. The second-order valence-electron chi connectivity index (χ2n) is 8.84. The van der Waals surface area contributed by atoms with Crippen LogP contribution in [-0.4, -0.2) is 47.3 Å². The van der Waals surface area contributed by atoms with E-state index in [9.17, 15) is 14.3 Å². The number of amides is 1. The van der Waals surface area contributed by atoms with E-state index in [-0.39, 0.29) is 23.3 Å². The van der Waals surface area contributed by atoms with Gasteiger partial charge in [0.2, 0.25) is 0 Å². The number of nitrogens with zero attached hydrogens (tertiary/aromatic N) is 1. The predicted octanol–water partition coefficient (Wildman–Crippen LogP) is 5.01. The third-order valence-electron chi connectivity index (χ3n) is 6.23. The molecule has 0 fully saturated rings. The normalized spacial score (nSPS) is 17.6. The molecule has 0 bridgehead atoms. The number of aliphatic hydroxyl groups excluding tert-OH is 1. The van der Waals surface area contributed by atoms with Gasteiger partial charge >= 0.3 is 0 Å². The average Bonchev–Trinajstić information content (AvgIpc) is 3.30. The molecule has 5 rings (SSSR count). The van der Waals surface area contributed by atoms with Gasteiger partial charge in [0, 0.05) is 30.5 Å². The summed E-state index contributed by atoms with van der Waals surface area (Å²) in [6, 6.07) is 8.71. The Labute approximate surface area is 216 Å². The molecule has 2 aromatic carbocycles. The topological polar surface area (TPSA) is 118 Å². The third-order valence-corrected chi connectivity index (χ3v) is 6.56. The van der Waals surface area contributed by atoms with Gasteiger partial charge in [-0.15, -0.1) is 0 Å². The molecule has 1 unspecified atom stereocenters. The van der Waals surface area contributed by atoms with Crippen LogP contribution in [0.4, 0.5) is 15.8 Å². The summed E-state index contributed by atoms with van der Waals surface area (Å²) in [5, 5.41) is 18.3. The first-order chi connectivity index (χ1) is 17.7.